The molecule has 0 saturated heterocycles. The summed E-state index contributed by atoms with van der Waals surface area (Å²) in [4.78, 5) is 26.6. The predicted molar refractivity (Wildman–Crippen MR) is 105 cm³/mol. The predicted octanol–water partition coefficient (Wildman–Crippen LogP) is 5.06. The Bertz CT molecular complexity index is 838. The van der Waals surface area contributed by atoms with Gasteiger partial charge in [-0.15, -0.1) is 11.3 Å². The average Bonchev–Trinajstić information content (AvgIpc) is 2.76. The summed E-state index contributed by atoms with van der Waals surface area (Å²) in [7, 11) is 0. The fraction of sp³-hybridized carbons (Fsp3) is 0.429. The molecule has 1 aliphatic rings. The first-order valence-electron chi connectivity index (χ1n) is 9.21. The summed E-state index contributed by atoms with van der Waals surface area (Å²) in [5.74, 6) is -0.507. The Morgan fingerprint density at radius 1 is 1.15 bits per heavy atom. The van der Waals surface area contributed by atoms with Crippen LogP contribution in [0.1, 0.15) is 68.5 Å². The maximum Gasteiger partial charge on any atom is 0.341 e. The monoisotopic (exact) mass is 371 g/mol. The van der Waals surface area contributed by atoms with Gasteiger partial charge in [0.25, 0.3) is 5.91 Å². The minimum Gasteiger partial charge on any atom is -0.462 e. The summed E-state index contributed by atoms with van der Waals surface area (Å²) in [5.41, 5.74) is 4.31. The van der Waals surface area contributed by atoms with E-state index < -0.39 is 0 Å². The highest BCUT2D eigenvalue weighted by Crippen LogP contribution is 2.38. The van der Waals surface area contributed by atoms with Crippen molar-refractivity contribution in [2.24, 2.45) is 0 Å². The summed E-state index contributed by atoms with van der Waals surface area (Å²) in [5, 5.41) is 3.61. The van der Waals surface area contributed by atoms with Crippen molar-refractivity contribution in [1.29, 1.82) is 0 Å². The van der Waals surface area contributed by atoms with E-state index in [-0.39, 0.29) is 11.9 Å². The second-order valence-corrected chi connectivity index (χ2v) is 7.87. The van der Waals surface area contributed by atoms with Crippen LogP contribution in [0.5, 0.6) is 0 Å². The van der Waals surface area contributed by atoms with E-state index in [2.05, 4.69) is 5.32 Å². The number of hydrogen-bond donors (Lipinski definition) is 1. The molecule has 2 aromatic rings. The summed E-state index contributed by atoms with van der Waals surface area (Å²) < 4.78 is 5.28. The van der Waals surface area contributed by atoms with Gasteiger partial charge in [0.05, 0.1) is 12.2 Å². The van der Waals surface area contributed by atoms with Gasteiger partial charge in [-0.3, -0.25) is 4.79 Å². The molecule has 0 fully saturated rings. The summed E-state index contributed by atoms with van der Waals surface area (Å²) in [6.07, 6.45) is 5.21. The molecule has 1 N–H and O–H groups in total. The van der Waals surface area contributed by atoms with E-state index in [1.807, 2.05) is 32.0 Å². The SMILES string of the molecule is CCOC(=O)c1c(NC(=O)c2ccc(C)cc2C)sc2c1CCCCC2. The molecular formula is C21H25NO3S. The van der Waals surface area contributed by atoms with Crippen LogP contribution in [0, 0.1) is 13.8 Å². The number of carbonyl (C=O) groups excluding carboxylic acids is 2. The minimum atomic E-state index is -0.331. The largest absolute Gasteiger partial charge is 0.462 e. The lowest BCUT2D eigenvalue weighted by Gasteiger charge is -2.10. The van der Waals surface area contributed by atoms with Gasteiger partial charge < -0.3 is 10.1 Å². The third-order valence-corrected chi connectivity index (χ3v) is 5.96. The molecule has 0 spiro atoms. The molecule has 0 aliphatic heterocycles. The smallest absolute Gasteiger partial charge is 0.341 e. The van der Waals surface area contributed by atoms with Crippen LogP contribution in [0.15, 0.2) is 18.2 Å². The molecule has 4 nitrogen and oxygen atoms in total. The molecule has 26 heavy (non-hydrogen) atoms. The van der Waals surface area contributed by atoms with Crippen LogP contribution in [0.2, 0.25) is 0 Å². The molecule has 1 aliphatic carbocycles. The number of esters is 1. The van der Waals surface area contributed by atoms with Crippen LogP contribution in [0.4, 0.5) is 5.00 Å². The van der Waals surface area contributed by atoms with Crippen LogP contribution in [0.3, 0.4) is 0 Å². The Hall–Kier alpha value is -2.14. The minimum absolute atomic E-state index is 0.176. The molecule has 1 aromatic carbocycles. The lowest BCUT2D eigenvalue weighted by atomic mass is 10.0. The highest BCUT2D eigenvalue weighted by Gasteiger charge is 2.27. The standard InChI is InChI=1S/C21H25NO3S/c1-4-25-21(24)18-16-8-6-5-7-9-17(16)26-20(18)22-19(23)15-11-10-13(2)12-14(15)3/h10-12H,4-9H2,1-3H3,(H,22,23). The number of amides is 1. The van der Waals surface area contributed by atoms with Crippen LogP contribution >= 0.6 is 11.3 Å². The van der Waals surface area contributed by atoms with Crippen LogP contribution in [-0.4, -0.2) is 18.5 Å². The maximum absolute atomic E-state index is 12.8. The number of aryl methyl sites for hydroxylation is 3. The van der Waals surface area contributed by atoms with Gasteiger partial charge in [-0.2, -0.15) is 0 Å². The summed E-state index contributed by atoms with van der Waals surface area (Å²) in [6.45, 7) is 6.06. The highest BCUT2D eigenvalue weighted by molar-refractivity contribution is 7.17. The lowest BCUT2D eigenvalue weighted by Crippen LogP contribution is -2.16. The van der Waals surface area contributed by atoms with Gasteiger partial charge in [0.15, 0.2) is 0 Å². The Labute approximate surface area is 158 Å². The number of carbonyl (C=O) groups is 2. The number of ether oxygens (including phenoxy) is 1. The number of benzene rings is 1. The first-order chi connectivity index (χ1) is 12.5. The first kappa shape index (κ1) is 18.6. The van der Waals surface area contributed by atoms with E-state index >= 15 is 0 Å². The third kappa shape index (κ3) is 3.83. The van der Waals surface area contributed by atoms with Gasteiger partial charge in [0, 0.05) is 10.4 Å². The summed E-state index contributed by atoms with van der Waals surface area (Å²) >= 11 is 1.53. The zero-order valence-corrected chi connectivity index (χ0v) is 16.4. The average molecular weight is 372 g/mol. The second kappa shape index (κ2) is 8.04. The molecule has 0 bridgehead atoms. The van der Waals surface area contributed by atoms with E-state index in [4.69, 9.17) is 4.74 Å². The fourth-order valence-corrected chi connectivity index (χ4v) is 4.76. The van der Waals surface area contributed by atoms with E-state index in [1.54, 1.807) is 6.92 Å². The van der Waals surface area contributed by atoms with E-state index in [9.17, 15) is 9.59 Å². The number of rotatable bonds is 4. The molecule has 1 aromatic heterocycles. The van der Waals surface area contributed by atoms with Crippen molar-refractivity contribution in [3.63, 3.8) is 0 Å². The molecule has 0 radical (unpaired) electrons. The van der Waals surface area contributed by atoms with Crippen molar-refractivity contribution in [3.05, 3.63) is 50.9 Å². The van der Waals surface area contributed by atoms with Crippen molar-refractivity contribution >= 4 is 28.2 Å². The zero-order chi connectivity index (χ0) is 18.7. The van der Waals surface area contributed by atoms with Gasteiger partial charge in [0.2, 0.25) is 0 Å². The quantitative estimate of drug-likeness (QED) is 0.603. The second-order valence-electron chi connectivity index (χ2n) is 6.76. The molecular weight excluding hydrogens is 346 g/mol. The zero-order valence-electron chi connectivity index (χ0n) is 15.6. The van der Waals surface area contributed by atoms with Crippen LogP contribution < -0.4 is 5.32 Å². The molecule has 1 heterocycles. The maximum atomic E-state index is 12.8. The molecule has 5 heteroatoms. The van der Waals surface area contributed by atoms with Crippen molar-refractivity contribution in [1.82, 2.24) is 0 Å². The first-order valence-corrected chi connectivity index (χ1v) is 10.0. The van der Waals surface area contributed by atoms with Gasteiger partial charge in [-0.05, 0) is 63.6 Å². The number of hydrogen-bond acceptors (Lipinski definition) is 4. The van der Waals surface area contributed by atoms with Crippen LogP contribution in [0.25, 0.3) is 0 Å². The van der Waals surface area contributed by atoms with Crippen molar-refractivity contribution < 1.29 is 14.3 Å². The number of fused-ring (bicyclic) bond motifs is 1. The Morgan fingerprint density at radius 3 is 2.65 bits per heavy atom. The molecule has 0 atom stereocenters. The molecule has 3 rings (SSSR count). The highest BCUT2D eigenvalue weighted by atomic mass is 32.1. The van der Waals surface area contributed by atoms with Gasteiger partial charge >= 0.3 is 5.97 Å². The normalized spacial score (nSPS) is 13.7. The van der Waals surface area contributed by atoms with Crippen molar-refractivity contribution in [3.8, 4) is 0 Å². The number of anilines is 1. The van der Waals surface area contributed by atoms with Crippen molar-refractivity contribution in [2.45, 2.75) is 52.9 Å². The van der Waals surface area contributed by atoms with E-state index in [1.165, 1.54) is 22.6 Å². The molecule has 138 valence electrons. The van der Waals surface area contributed by atoms with Gasteiger partial charge in [-0.1, -0.05) is 24.1 Å². The number of thiophene rings is 1. The van der Waals surface area contributed by atoms with Crippen LogP contribution in [-0.2, 0) is 17.6 Å². The molecule has 1 amide bonds. The van der Waals surface area contributed by atoms with Crippen molar-refractivity contribution in [2.75, 3.05) is 11.9 Å². The lowest BCUT2D eigenvalue weighted by molar-refractivity contribution is 0.0527. The molecule has 0 saturated carbocycles. The summed E-state index contributed by atoms with van der Waals surface area (Å²) in [6, 6.07) is 5.76. The third-order valence-electron chi connectivity index (χ3n) is 4.75. The van der Waals surface area contributed by atoms with E-state index in [0.29, 0.717) is 22.7 Å². The fourth-order valence-electron chi connectivity index (χ4n) is 3.49. The Morgan fingerprint density at radius 2 is 1.92 bits per heavy atom. The van der Waals surface area contributed by atoms with Gasteiger partial charge in [-0.25, -0.2) is 4.79 Å². The van der Waals surface area contributed by atoms with E-state index in [0.717, 1.165) is 42.4 Å². The number of nitrogens with one attached hydrogen (secondary N) is 1. The Kier molecular flexibility index (Phi) is 5.77. The topological polar surface area (TPSA) is 55.4 Å². The van der Waals surface area contributed by atoms with Gasteiger partial charge in [0.1, 0.15) is 5.00 Å². The Balaban J connectivity index is 1.96. The molecule has 0 unspecified atom stereocenters.